The molecule has 0 radical (unpaired) electrons. The summed E-state index contributed by atoms with van der Waals surface area (Å²) in [5.41, 5.74) is 6.17. The van der Waals surface area contributed by atoms with Crippen molar-refractivity contribution in [3.8, 4) is 0 Å². The van der Waals surface area contributed by atoms with E-state index >= 15 is 0 Å². The van der Waals surface area contributed by atoms with Gasteiger partial charge in [-0.1, -0.05) is 41.0 Å². The first kappa shape index (κ1) is 20.0. The van der Waals surface area contributed by atoms with E-state index in [1.807, 2.05) is 24.0 Å². The lowest BCUT2D eigenvalue weighted by Crippen LogP contribution is -2.51. The van der Waals surface area contributed by atoms with Crippen LogP contribution in [0.3, 0.4) is 0 Å². The van der Waals surface area contributed by atoms with E-state index in [9.17, 15) is 4.79 Å². The molecule has 2 fully saturated rings. The number of anilines is 1. The van der Waals surface area contributed by atoms with Gasteiger partial charge in [-0.05, 0) is 31.9 Å². The summed E-state index contributed by atoms with van der Waals surface area (Å²) in [6.45, 7) is 4.21. The predicted molar refractivity (Wildman–Crippen MR) is 113 cm³/mol. The quantitative estimate of drug-likeness (QED) is 0.758. The number of nitrogens with one attached hydrogen (secondary N) is 1. The molecule has 0 saturated carbocycles. The van der Waals surface area contributed by atoms with Crippen LogP contribution in [0.1, 0.15) is 19.8 Å². The Kier molecular flexibility index (Phi) is 5.64. The Morgan fingerprint density at radius 3 is 2.75 bits per heavy atom. The minimum atomic E-state index is -0.209. The van der Waals surface area contributed by atoms with Crippen molar-refractivity contribution in [2.24, 2.45) is 11.1 Å². The van der Waals surface area contributed by atoms with Crippen molar-refractivity contribution < 1.29 is 4.74 Å². The van der Waals surface area contributed by atoms with Crippen LogP contribution in [-0.4, -0.2) is 41.8 Å². The van der Waals surface area contributed by atoms with Crippen LogP contribution >= 0.6 is 35.0 Å². The molecule has 6 nitrogen and oxygen atoms in total. The normalized spacial score (nSPS) is 24.1. The molecule has 0 bridgehead atoms. The number of aromatic amines is 1. The number of H-pyrrole nitrogens is 1. The number of aromatic nitrogens is 2. The van der Waals surface area contributed by atoms with Gasteiger partial charge in [0.25, 0.3) is 5.56 Å². The molecule has 28 heavy (non-hydrogen) atoms. The summed E-state index contributed by atoms with van der Waals surface area (Å²) in [7, 11) is 0. The summed E-state index contributed by atoms with van der Waals surface area (Å²) in [6.07, 6.45) is 3.54. The van der Waals surface area contributed by atoms with Crippen LogP contribution in [0.15, 0.2) is 39.1 Å². The molecule has 2 aliphatic heterocycles. The fraction of sp³-hybridized carbons (Fsp3) is 0.474. The first-order chi connectivity index (χ1) is 13.4. The Balaban J connectivity index is 1.47. The minimum absolute atomic E-state index is 0.0157. The second-order valence-corrected chi connectivity index (χ2v) is 9.31. The molecule has 3 N–H and O–H groups in total. The van der Waals surface area contributed by atoms with E-state index in [1.54, 1.807) is 12.3 Å². The van der Waals surface area contributed by atoms with Gasteiger partial charge in [0, 0.05) is 29.4 Å². The second kappa shape index (κ2) is 7.88. The first-order valence-electron chi connectivity index (χ1n) is 9.23. The van der Waals surface area contributed by atoms with E-state index in [4.69, 9.17) is 33.7 Å². The fourth-order valence-electron chi connectivity index (χ4n) is 3.97. The van der Waals surface area contributed by atoms with E-state index in [2.05, 4.69) is 9.97 Å². The van der Waals surface area contributed by atoms with Crippen LogP contribution in [0, 0.1) is 5.41 Å². The molecule has 0 aliphatic carbocycles. The van der Waals surface area contributed by atoms with E-state index in [0.29, 0.717) is 27.5 Å². The highest BCUT2D eigenvalue weighted by atomic mass is 35.5. The maximum Gasteiger partial charge on any atom is 0.291 e. The van der Waals surface area contributed by atoms with Crippen molar-refractivity contribution in [2.75, 3.05) is 24.6 Å². The zero-order valence-corrected chi connectivity index (χ0v) is 17.8. The number of nitrogens with two attached hydrogens (primary N) is 1. The highest BCUT2D eigenvalue weighted by molar-refractivity contribution is 7.99. The van der Waals surface area contributed by atoms with Gasteiger partial charge in [0.2, 0.25) is 0 Å². The van der Waals surface area contributed by atoms with E-state index < -0.39 is 0 Å². The van der Waals surface area contributed by atoms with Crippen LogP contribution in [0.25, 0.3) is 0 Å². The molecule has 2 aliphatic rings. The summed E-state index contributed by atoms with van der Waals surface area (Å²) in [6, 6.07) is 5.44. The standard InChI is InChI=1S/C19H22Cl2N4O2S/c1-11-16(22)19(10-27-11)5-7-25(8-6-19)17-18(26)24-14(9-23-17)28-13-4-2-3-12(20)15(13)21/h2-4,9,11,16H,5-8,10,22H2,1H3,(H,24,26)/t11-,16+/m0/s1. The van der Waals surface area contributed by atoms with Gasteiger partial charge in [0.1, 0.15) is 0 Å². The van der Waals surface area contributed by atoms with Gasteiger partial charge in [-0.15, -0.1) is 0 Å². The monoisotopic (exact) mass is 440 g/mol. The van der Waals surface area contributed by atoms with E-state index in [-0.39, 0.29) is 23.1 Å². The van der Waals surface area contributed by atoms with Crippen molar-refractivity contribution in [1.29, 1.82) is 0 Å². The van der Waals surface area contributed by atoms with Crippen molar-refractivity contribution in [3.63, 3.8) is 0 Å². The molecule has 1 aromatic heterocycles. The van der Waals surface area contributed by atoms with Crippen LogP contribution in [0.2, 0.25) is 10.0 Å². The van der Waals surface area contributed by atoms with Gasteiger partial charge < -0.3 is 20.4 Å². The van der Waals surface area contributed by atoms with Crippen LogP contribution < -0.4 is 16.2 Å². The molecule has 1 spiro atoms. The lowest BCUT2D eigenvalue weighted by atomic mass is 9.73. The summed E-state index contributed by atoms with van der Waals surface area (Å²) >= 11 is 13.6. The second-order valence-electron chi connectivity index (χ2n) is 7.45. The maximum absolute atomic E-state index is 12.6. The average molecular weight is 441 g/mol. The topological polar surface area (TPSA) is 84.2 Å². The lowest BCUT2D eigenvalue weighted by Gasteiger charge is -2.41. The van der Waals surface area contributed by atoms with Gasteiger partial charge in [0.15, 0.2) is 5.82 Å². The highest BCUT2D eigenvalue weighted by Gasteiger charge is 2.47. The Morgan fingerprint density at radius 1 is 1.36 bits per heavy atom. The third-order valence-electron chi connectivity index (χ3n) is 5.79. The Morgan fingerprint density at radius 2 is 2.11 bits per heavy atom. The molecular formula is C19H22Cl2N4O2S. The number of piperidine rings is 1. The number of halogens is 2. The maximum atomic E-state index is 12.6. The van der Waals surface area contributed by atoms with Crippen molar-refractivity contribution in [1.82, 2.24) is 9.97 Å². The minimum Gasteiger partial charge on any atom is -0.376 e. The van der Waals surface area contributed by atoms with Gasteiger partial charge >= 0.3 is 0 Å². The molecular weight excluding hydrogens is 419 g/mol. The Labute approximate surface area is 177 Å². The van der Waals surface area contributed by atoms with Gasteiger partial charge in [-0.2, -0.15) is 0 Å². The number of rotatable bonds is 3. The third kappa shape index (κ3) is 3.66. The summed E-state index contributed by atoms with van der Waals surface area (Å²) in [5.74, 6) is 0.442. The van der Waals surface area contributed by atoms with Crippen LogP contribution in [0.4, 0.5) is 5.82 Å². The number of ether oxygens (including phenoxy) is 1. The SMILES string of the molecule is C[C@@H]1OCC2(CCN(c3ncc(Sc4cccc(Cl)c4Cl)[nH]c3=O)CC2)[C@@H]1N. The van der Waals surface area contributed by atoms with Crippen molar-refractivity contribution in [2.45, 2.75) is 41.8 Å². The molecule has 2 aromatic rings. The molecule has 3 heterocycles. The van der Waals surface area contributed by atoms with E-state index in [0.717, 1.165) is 30.8 Å². The van der Waals surface area contributed by atoms with Gasteiger partial charge in [-0.3, -0.25) is 4.79 Å². The molecule has 150 valence electrons. The van der Waals surface area contributed by atoms with Crippen molar-refractivity contribution >= 4 is 40.8 Å². The smallest absolute Gasteiger partial charge is 0.291 e. The Hall–Kier alpha value is -1.25. The largest absolute Gasteiger partial charge is 0.376 e. The molecule has 4 rings (SSSR count). The zero-order valence-electron chi connectivity index (χ0n) is 15.5. The Bertz CT molecular complexity index is 930. The number of hydrogen-bond acceptors (Lipinski definition) is 6. The average Bonchev–Trinajstić information content (AvgIpc) is 2.95. The summed E-state index contributed by atoms with van der Waals surface area (Å²) < 4.78 is 5.76. The number of hydrogen-bond donors (Lipinski definition) is 2. The molecule has 2 saturated heterocycles. The molecule has 9 heteroatoms. The third-order valence-corrected chi connectivity index (χ3v) is 7.70. The van der Waals surface area contributed by atoms with Crippen LogP contribution in [0.5, 0.6) is 0 Å². The lowest BCUT2D eigenvalue weighted by molar-refractivity contribution is 0.0974. The fourth-order valence-corrected chi connectivity index (χ4v) is 5.28. The molecule has 1 aromatic carbocycles. The summed E-state index contributed by atoms with van der Waals surface area (Å²) in [4.78, 5) is 22.7. The first-order valence-corrected chi connectivity index (χ1v) is 10.8. The molecule has 0 unspecified atom stereocenters. The molecule has 0 amide bonds. The summed E-state index contributed by atoms with van der Waals surface area (Å²) in [5, 5.41) is 1.56. The van der Waals surface area contributed by atoms with Crippen LogP contribution in [-0.2, 0) is 4.74 Å². The van der Waals surface area contributed by atoms with Gasteiger partial charge in [-0.25, -0.2) is 4.98 Å². The highest BCUT2D eigenvalue weighted by Crippen LogP contribution is 2.41. The van der Waals surface area contributed by atoms with E-state index in [1.165, 1.54) is 11.8 Å². The van der Waals surface area contributed by atoms with Gasteiger partial charge in [0.05, 0.1) is 34.0 Å². The zero-order chi connectivity index (χ0) is 19.9. The van der Waals surface area contributed by atoms with Crippen molar-refractivity contribution in [3.05, 3.63) is 44.8 Å². The number of nitrogens with zero attached hydrogens (tertiary/aromatic N) is 2. The predicted octanol–water partition coefficient (Wildman–Crippen LogP) is 3.56. The molecule has 2 atom stereocenters. The number of benzene rings is 1.